The van der Waals surface area contributed by atoms with Crippen LogP contribution in [0.2, 0.25) is 5.02 Å². The average molecular weight is 268 g/mol. The molecule has 1 aliphatic rings. The summed E-state index contributed by atoms with van der Waals surface area (Å²) in [5.41, 5.74) is 1.31. The van der Waals surface area contributed by atoms with Crippen molar-refractivity contribution in [2.24, 2.45) is 0 Å². The summed E-state index contributed by atoms with van der Waals surface area (Å²) in [7, 11) is 2.01. The van der Waals surface area contributed by atoms with Gasteiger partial charge in [-0.1, -0.05) is 23.7 Å². The maximum absolute atomic E-state index is 6.01. The first-order chi connectivity index (χ1) is 8.78. The highest BCUT2D eigenvalue weighted by Gasteiger charge is 2.16. The van der Waals surface area contributed by atoms with E-state index >= 15 is 0 Å². The first kappa shape index (κ1) is 13.8. The van der Waals surface area contributed by atoms with E-state index < -0.39 is 0 Å². The molecule has 1 aromatic rings. The first-order valence-electron chi connectivity index (χ1n) is 6.61. The van der Waals surface area contributed by atoms with E-state index in [-0.39, 0.29) is 0 Å². The summed E-state index contributed by atoms with van der Waals surface area (Å²) >= 11 is 6.01. The van der Waals surface area contributed by atoms with Crippen LogP contribution in [0.1, 0.15) is 5.56 Å². The van der Waals surface area contributed by atoms with E-state index in [0.717, 1.165) is 37.7 Å². The van der Waals surface area contributed by atoms with Crippen LogP contribution in [0.5, 0.6) is 0 Å². The normalized spacial score (nSPS) is 18.1. The van der Waals surface area contributed by atoms with Crippen molar-refractivity contribution in [2.45, 2.75) is 6.54 Å². The second kappa shape index (κ2) is 7.10. The average Bonchev–Trinajstić information content (AvgIpc) is 2.38. The minimum absolute atomic E-state index is 0.833. The Morgan fingerprint density at radius 3 is 2.56 bits per heavy atom. The molecule has 0 spiro atoms. The summed E-state index contributed by atoms with van der Waals surface area (Å²) in [6, 6.07) is 8.18. The number of benzene rings is 1. The van der Waals surface area contributed by atoms with Crippen LogP contribution in [0.4, 0.5) is 0 Å². The quantitative estimate of drug-likeness (QED) is 0.876. The Bertz CT molecular complexity index is 362. The molecule has 1 saturated heterocycles. The highest BCUT2D eigenvalue weighted by Crippen LogP contribution is 2.13. The van der Waals surface area contributed by atoms with E-state index in [0.29, 0.717) is 0 Å². The molecule has 4 heteroatoms. The van der Waals surface area contributed by atoms with Gasteiger partial charge in [0.1, 0.15) is 0 Å². The van der Waals surface area contributed by atoms with Gasteiger partial charge in [-0.2, -0.15) is 0 Å². The monoisotopic (exact) mass is 267 g/mol. The zero-order chi connectivity index (χ0) is 12.8. The minimum Gasteiger partial charge on any atom is -0.318 e. The summed E-state index contributed by atoms with van der Waals surface area (Å²) in [6.45, 7) is 7.88. The summed E-state index contributed by atoms with van der Waals surface area (Å²) in [6.07, 6.45) is 0. The molecular formula is C14H22ClN3. The molecule has 100 valence electrons. The Balaban J connectivity index is 1.76. The zero-order valence-corrected chi connectivity index (χ0v) is 11.8. The van der Waals surface area contributed by atoms with Crippen LogP contribution in [-0.4, -0.2) is 56.1 Å². The molecule has 18 heavy (non-hydrogen) atoms. The van der Waals surface area contributed by atoms with Gasteiger partial charge >= 0.3 is 0 Å². The topological polar surface area (TPSA) is 18.5 Å². The smallest absolute Gasteiger partial charge is 0.0409 e. The lowest BCUT2D eigenvalue weighted by Gasteiger charge is -2.34. The Labute approximate surface area is 115 Å². The molecule has 0 bridgehead atoms. The number of nitrogens with one attached hydrogen (secondary N) is 1. The minimum atomic E-state index is 0.833. The van der Waals surface area contributed by atoms with Crippen molar-refractivity contribution in [1.82, 2.24) is 15.1 Å². The second-order valence-corrected chi connectivity index (χ2v) is 5.29. The molecule has 0 atom stereocenters. The van der Waals surface area contributed by atoms with Gasteiger partial charge in [-0.05, 0) is 24.7 Å². The van der Waals surface area contributed by atoms with Gasteiger partial charge in [0.25, 0.3) is 0 Å². The van der Waals surface area contributed by atoms with E-state index in [1.54, 1.807) is 0 Å². The third-order valence-corrected chi connectivity index (χ3v) is 3.67. The number of likely N-dealkylation sites (N-methyl/N-ethyl adjacent to an activating group) is 1. The highest BCUT2D eigenvalue weighted by atomic mass is 35.5. The molecule has 2 rings (SSSR count). The van der Waals surface area contributed by atoms with E-state index in [1.165, 1.54) is 18.7 Å². The van der Waals surface area contributed by atoms with Crippen LogP contribution in [0.15, 0.2) is 24.3 Å². The molecule has 0 amide bonds. The summed E-state index contributed by atoms with van der Waals surface area (Å²) in [5, 5.41) is 4.04. The van der Waals surface area contributed by atoms with E-state index in [1.807, 2.05) is 19.2 Å². The zero-order valence-electron chi connectivity index (χ0n) is 11.0. The Morgan fingerprint density at radius 1 is 1.17 bits per heavy atom. The van der Waals surface area contributed by atoms with Crippen molar-refractivity contribution in [3.05, 3.63) is 34.9 Å². The number of hydrogen-bond acceptors (Lipinski definition) is 3. The Kier molecular flexibility index (Phi) is 5.45. The molecule has 0 saturated carbocycles. The van der Waals surface area contributed by atoms with Crippen molar-refractivity contribution in [1.29, 1.82) is 0 Å². The van der Waals surface area contributed by atoms with Crippen molar-refractivity contribution in [2.75, 3.05) is 46.3 Å². The highest BCUT2D eigenvalue weighted by molar-refractivity contribution is 6.30. The van der Waals surface area contributed by atoms with Crippen molar-refractivity contribution in [3.63, 3.8) is 0 Å². The van der Waals surface area contributed by atoms with Crippen LogP contribution in [0.3, 0.4) is 0 Å². The predicted molar refractivity (Wildman–Crippen MR) is 77.1 cm³/mol. The van der Waals surface area contributed by atoms with Gasteiger partial charge in [0.2, 0.25) is 0 Å². The standard InChI is InChI=1S/C14H22ClN3/c1-16-5-6-17-7-9-18(10-8-17)12-13-3-2-4-14(15)11-13/h2-4,11,16H,5-10,12H2,1H3. The number of piperazine rings is 1. The lowest BCUT2D eigenvalue weighted by Crippen LogP contribution is -2.47. The lowest BCUT2D eigenvalue weighted by atomic mass is 10.2. The van der Waals surface area contributed by atoms with Crippen LogP contribution in [0, 0.1) is 0 Å². The Hall–Kier alpha value is -0.610. The van der Waals surface area contributed by atoms with Gasteiger partial charge < -0.3 is 5.32 Å². The molecule has 1 aromatic carbocycles. The molecule has 0 radical (unpaired) electrons. The summed E-state index contributed by atoms with van der Waals surface area (Å²) in [4.78, 5) is 5.02. The third kappa shape index (κ3) is 4.25. The molecule has 1 aliphatic heterocycles. The maximum atomic E-state index is 6.01. The molecule has 1 fully saturated rings. The van der Waals surface area contributed by atoms with Crippen LogP contribution in [-0.2, 0) is 6.54 Å². The third-order valence-electron chi connectivity index (χ3n) is 3.44. The number of rotatable bonds is 5. The fraction of sp³-hybridized carbons (Fsp3) is 0.571. The van der Waals surface area contributed by atoms with E-state index in [2.05, 4.69) is 27.2 Å². The van der Waals surface area contributed by atoms with Crippen molar-refractivity contribution >= 4 is 11.6 Å². The van der Waals surface area contributed by atoms with Gasteiger partial charge in [-0.15, -0.1) is 0 Å². The molecule has 1 N–H and O–H groups in total. The number of halogens is 1. The van der Waals surface area contributed by atoms with Crippen LogP contribution in [0.25, 0.3) is 0 Å². The van der Waals surface area contributed by atoms with E-state index in [4.69, 9.17) is 11.6 Å². The molecule has 3 nitrogen and oxygen atoms in total. The molecule has 0 aromatic heterocycles. The SMILES string of the molecule is CNCCN1CCN(Cc2cccc(Cl)c2)CC1. The van der Waals surface area contributed by atoms with Gasteiger partial charge in [0, 0.05) is 50.8 Å². The maximum Gasteiger partial charge on any atom is 0.0409 e. The fourth-order valence-corrected chi connectivity index (χ4v) is 2.55. The van der Waals surface area contributed by atoms with Gasteiger partial charge in [-0.25, -0.2) is 0 Å². The van der Waals surface area contributed by atoms with E-state index in [9.17, 15) is 0 Å². The summed E-state index contributed by atoms with van der Waals surface area (Å²) in [5.74, 6) is 0. The van der Waals surface area contributed by atoms with Crippen LogP contribution < -0.4 is 5.32 Å². The Morgan fingerprint density at radius 2 is 1.89 bits per heavy atom. The molecule has 0 unspecified atom stereocenters. The van der Waals surface area contributed by atoms with Crippen LogP contribution >= 0.6 is 11.6 Å². The molecule has 0 aliphatic carbocycles. The van der Waals surface area contributed by atoms with Gasteiger partial charge in [0.05, 0.1) is 0 Å². The van der Waals surface area contributed by atoms with Gasteiger partial charge in [-0.3, -0.25) is 9.80 Å². The van der Waals surface area contributed by atoms with Gasteiger partial charge in [0.15, 0.2) is 0 Å². The second-order valence-electron chi connectivity index (χ2n) is 4.85. The largest absolute Gasteiger partial charge is 0.318 e. The van der Waals surface area contributed by atoms with Crippen molar-refractivity contribution < 1.29 is 0 Å². The summed E-state index contributed by atoms with van der Waals surface area (Å²) < 4.78 is 0. The fourth-order valence-electron chi connectivity index (χ4n) is 2.33. The molecule has 1 heterocycles. The molecular weight excluding hydrogens is 246 g/mol. The lowest BCUT2D eigenvalue weighted by molar-refractivity contribution is 0.128. The van der Waals surface area contributed by atoms with Crippen molar-refractivity contribution in [3.8, 4) is 0 Å². The number of hydrogen-bond donors (Lipinski definition) is 1. The predicted octanol–water partition coefficient (Wildman–Crippen LogP) is 1.68. The number of nitrogens with zero attached hydrogens (tertiary/aromatic N) is 2. The first-order valence-corrected chi connectivity index (χ1v) is 6.99.